The number of pyridine rings is 1. The second-order valence-corrected chi connectivity index (χ2v) is 4.92. The van der Waals surface area contributed by atoms with Crippen molar-refractivity contribution in [3.8, 4) is 0 Å². The Hall–Kier alpha value is -1.72. The fourth-order valence-corrected chi connectivity index (χ4v) is 2.21. The quantitative estimate of drug-likeness (QED) is 0.621. The second kappa shape index (κ2) is 5.95. The Bertz CT molecular complexity index is 655. The zero-order chi connectivity index (χ0) is 15.6. The highest BCUT2D eigenvalue weighted by Gasteiger charge is 2.35. The topological polar surface area (TPSA) is 39.2 Å². The Kier molecular flexibility index (Phi) is 4.44. The van der Waals surface area contributed by atoms with Gasteiger partial charge in [0.2, 0.25) is 0 Å². The lowest BCUT2D eigenvalue weighted by molar-refractivity contribution is 0.0425. The smallest absolute Gasteiger partial charge is 0.337 e. The van der Waals surface area contributed by atoms with Crippen molar-refractivity contribution in [3.05, 3.63) is 63.4 Å². The van der Waals surface area contributed by atoms with Gasteiger partial charge in [0.05, 0.1) is 12.7 Å². The maximum atomic E-state index is 14.4. The van der Waals surface area contributed by atoms with E-state index >= 15 is 0 Å². The third-order valence-electron chi connectivity index (χ3n) is 2.79. The highest BCUT2D eigenvalue weighted by molar-refractivity contribution is 6.32. The molecule has 0 saturated heterocycles. The van der Waals surface area contributed by atoms with E-state index in [-0.39, 0.29) is 27.0 Å². The summed E-state index contributed by atoms with van der Waals surface area (Å²) >= 11 is 11.3. The second-order valence-electron chi connectivity index (χ2n) is 4.14. The lowest BCUT2D eigenvalue weighted by atomic mass is 10.00. The van der Waals surface area contributed by atoms with Crippen molar-refractivity contribution < 1.29 is 18.3 Å². The van der Waals surface area contributed by atoms with Crippen LogP contribution in [0.15, 0.2) is 36.4 Å². The van der Waals surface area contributed by atoms with Crippen LogP contribution >= 0.6 is 23.2 Å². The maximum absolute atomic E-state index is 14.4. The van der Waals surface area contributed by atoms with Crippen LogP contribution in [0, 0.1) is 0 Å². The molecule has 0 bridgehead atoms. The van der Waals surface area contributed by atoms with Crippen LogP contribution in [-0.2, 0) is 10.7 Å². The van der Waals surface area contributed by atoms with Crippen molar-refractivity contribution in [2.75, 3.05) is 7.11 Å². The van der Waals surface area contributed by atoms with Crippen LogP contribution in [0.25, 0.3) is 0 Å². The largest absolute Gasteiger partial charge is 0.465 e. The van der Waals surface area contributed by atoms with Crippen LogP contribution in [0.3, 0.4) is 0 Å². The molecule has 0 aliphatic heterocycles. The van der Waals surface area contributed by atoms with Gasteiger partial charge in [-0.3, -0.25) is 0 Å². The molecule has 0 spiro atoms. The van der Waals surface area contributed by atoms with E-state index in [9.17, 15) is 13.6 Å². The molecule has 0 saturated carbocycles. The number of esters is 1. The first-order valence-electron chi connectivity index (χ1n) is 5.75. The molecule has 0 fully saturated rings. The first kappa shape index (κ1) is 15.7. The van der Waals surface area contributed by atoms with Crippen molar-refractivity contribution in [1.82, 2.24) is 4.98 Å². The summed E-state index contributed by atoms with van der Waals surface area (Å²) < 4.78 is 33.3. The SMILES string of the molecule is COC(=O)c1ccc(C(F)(F)c2cc(Cl)nc(Cl)c2)cc1. The minimum absolute atomic E-state index is 0.122. The van der Waals surface area contributed by atoms with Gasteiger partial charge < -0.3 is 4.74 Å². The molecule has 3 nitrogen and oxygen atoms in total. The number of ether oxygens (including phenoxy) is 1. The molecule has 0 amide bonds. The Morgan fingerprint density at radius 2 is 1.62 bits per heavy atom. The number of alkyl halides is 2. The molecule has 21 heavy (non-hydrogen) atoms. The monoisotopic (exact) mass is 331 g/mol. The predicted octanol–water partition coefficient (Wildman–Crippen LogP) is 4.32. The summed E-state index contributed by atoms with van der Waals surface area (Å²) in [5, 5.41) is -0.244. The summed E-state index contributed by atoms with van der Waals surface area (Å²) in [4.78, 5) is 14.9. The van der Waals surface area contributed by atoms with Gasteiger partial charge in [-0.25, -0.2) is 9.78 Å². The number of nitrogens with zero attached hydrogens (tertiary/aromatic N) is 1. The number of hydrogen-bond donors (Lipinski definition) is 0. The summed E-state index contributed by atoms with van der Waals surface area (Å²) in [6.45, 7) is 0. The molecule has 1 aromatic heterocycles. The molecular formula is C14H9Cl2F2NO2. The third kappa shape index (κ3) is 3.31. The average Bonchev–Trinajstić information content (AvgIpc) is 2.45. The first-order chi connectivity index (χ1) is 9.84. The molecule has 2 rings (SSSR count). The highest BCUT2D eigenvalue weighted by atomic mass is 35.5. The molecule has 110 valence electrons. The normalized spacial score (nSPS) is 11.3. The van der Waals surface area contributed by atoms with Crippen LogP contribution in [0.1, 0.15) is 21.5 Å². The van der Waals surface area contributed by atoms with Crippen LogP contribution in [0.4, 0.5) is 8.78 Å². The van der Waals surface area contributed by atoms with Crippen LogP contribution in [-0.4, -0.2) is 18.1 Å². The predicted molar refractivity (Wildman–Crippen MR) is 75.0 cm³/mol. The van der Waals surface area contributed by atoms with Gasteiger partial charge in [0.25, 0.3) is 5.92 Å². The number of halogens is 4. The molecule has 1 heterocycles. The van der Waals surface area contributed by atoms with Gasteiger partial charge in [0.15, 0.2) is 0 Å². The third-order valence-corrected chi connectivity index (χ3v) is 3.18. The van der Waals surface area contributed by atoms with E-state index in [1.54, 1.807) is 0 Å². The van der Waals surface area contributed by atoms with Crippen molar-refractivity contribution in [2.24, 2.45) is 0 Å². The van der Waals surface area contributed by atoms with E-state index in [1.165, 1.54) is 19.2 Å². The van der Waals surface area contributed by atoms with Crippen molar-refractivity contribution >= 4 is 29.2 Å². The van der Waals surface area contributed by atoms with Crippen LogP contribution in [0.5, 0.6) is 0 Å². The van der Waals surface area contributed by atoms with Crippen molar-refractivity contribution in [3.63, 3.8) is 0 Å². The van der Waals surface area contributed by atoms with Crippen molar-refractivity contribution in [2.45, 2.75) is 5.92 Å². The standard InChI is InChI=1S/C14H9Cl2F2NO2/c1-21-13(20)8-2-4-9(5-3-8)14(17,18)10-6-11(15)19-12(16)7-10/h2-7H,1H3. The molecule has 0 unspecified atom stereocenters. The Morgan fingerprint density at radius 3 is 2.10 bits per heavy atom. The number of rotatable bonds is 3. The number of methoxy groups -OCH3 is 1. The highest BCUT2D eigenvalue weighted by Crippen LogP contribution is 2.37. The summed E-state index contributed by atoms with van der Waals surface area (Å²) in [5.41, 5.74) is -0.491. The van der Waals surface area contributed by atoms with Gasteiger partial charge in [-0.05, 0) is 24.3 Å². The van der Waals surface area contributed by atoms with Crippen LogP contribution in [0.2, 0.25) is 10.3 Å². The van der Waals surface area contributed by atoms with E-state index in [1.807, 2.05) is 0 Å². The Morgan fingerprint density at radius 1 is 1.10 bits per heavy atom. The number of carbonyl (C=O) groups is 1. The molecule has 7 heteroatoms. The van der Waals surface area contributed by atoms with E-state index in [2.05, 4.69) is 9.72 Å². The van der Waals surface area contributed by atoms with Gasteiger partial charge in [0.1, 0.15) is 10.3 Å². The number of hydrogen-bond acceptors (Lipinski definition) is 3. The van der Waals surface area contributed by atoms with Gasteiger partial charge in [-0.1, -0.05) is 35.3 Å². The summed E-state index contributed by atoms with van der Waals surface area (Å²) in [7, 11) is 1.21. The van der Waals surface area contributed by atoms with Gasteiger partial charge >= 0.3 is 5.97 Å². The lowest BCUT2D eigenvalue weighted by Crippen LogP contribution is -2.16. The number of benzene rings is 1. The minimum atomic E-state index is -3.31. The molecule has 0 atom stereocenters. The molecule has 0 radical (unpaired) electrons. The molecule has 2 aromatic rings. The number of aromatic nitrogens is 1. The summed E-state index contributed by atoms with van der Waals surface area (Å²) in [5.74, 6) is -3.91. The van der Waals surface area contributed by atoms with E-state index in [0.717, 1.165) is 24.3 Å². The minimum Gasteiger partial charge on any atom is -0.465 e. The molecule has 1 aromatic carbocycles. The summed E-state index contributed by atoms with van der Waals surface area (Å²) in [6, 6.07) is 6.91. The first-order valence-corrected chi connectivity index (χ1v) is 6.50. The maximum Gasteiger partial charge on any atom is 0.337 e. The van der Waals surface area contributed by atoms with Gasteiger partial charge in [-0.15, -0.1) is 0 Å². The van der Waals surface area contributed by atoms with E-state index in [4.69, 9.17) is 23.2 Å². The fourth-order valence-electron chi connectivity index (χ4n) is 1.75. The average molecular weight is 332 g/mol. The molecular weight excluding hydrogens is 323 g/mol. The summed E-state index contributed by atoms with van der Waals surface area (Å²) in [6.07, 6.45) is 0. The molecule has 0 aliphatic carbocycles. The number of carbonyl (C=O) groups excluding carboxylic acids is 1. The molecule has 0 N–H and O–H groups in total. The van der Waals surface area contributed by atoms with Gasteiger partial charge in [-0.2, -0.15) is 8.78 Å². The lowest BCUT2D eigenvalue weighted by Gasteiger charge is -2.17. The zero-order valence-corrected chi connectivity index (χ0v) is 12.3. The molecule has 0 aliphatic rings. The van der Waals surface area contributed by atoms with Gasteiger partial charge in [0, 0.05) is 11.1 Å². The zero-order valence-electron chi connectivity index (χ0n) is 10.7. The Balaban J connectivity index is 2.41. The van der Waals surface area contributed by atoms with E-state index in [0.29, 0.717) is 0 Å². The van der Waals surface area contributed by atoms with Crippen molar-refractivity contribution in [1.29, 1.82) is 0 Å². The van der Waals surface area contributed by atoms with E-state index < -0.39 is 11.9 Å². The fraction of sp³-hybridized carbons (Fsp3) is 0.143. The Labute approximate surface area is 129 Å². The van der Waals surface area contributed by atoms with Crippen LogP contribution < -0.4 is 0 Å².